The summed E-state index contributed by atoms with van der Waals surface area (Å²) in [6.45, 7) is 8.84. The van der Waals surface area contributed by atoms with Crippen LogP contribution < -0.4 is 10.6 Å². The number of hydrogen-bond acceptors (Lipinski definition) is 6. The number of aryl methyl sites for hydroxylation is 2. The predicted molar refractivity (Wildman–Crippen MR) is 123 cm³/mol. The summed E-state index contributed by atoms with van der Waals surface area (Å²) in [5, 5.41) is 0.969. The average Bonchev–Trinajstić information content (AvgIpc) is 2.79. The molecule has 0 spiro atoms. The highest BCUT2D eigenvalue weighted by atomic mass is 32.2. The van der Waals surface area contributed by atoms with E-state index in [9.17, 15) is 0 Å². The Bertz CT molecular complexity index is 1010. The quantitative estimate of drug-likeness (QED) is 0.659. The van der Waals surface area contributed by atoms with E-state index in [0.717, 1.165) is 42.5 Å². The molecule has 1 fully saturated rings. The summed E-state index contributed by atoms with van der Waals surface area (Å²) in [5.41, 5.74) is 11.0. The molecule has 1 aliphatic rings. The number of aromatic nitrogens is 3. The number of anilines is 1. The van der Waals surface area contributed by atoms with Gasteiger partial charge in [-0.3, -0.25) is 4.98 Å². The Hall–Kier alpha value is -2.44. The topological polar surface area (TPSA) is 67.9 Å². The van der Waals surface area contributed by atoms with Gasteiger partial charge in [0.25, 0.3) is 0 Å². The summed E-state index contributed by atoms with van der Waals surface area (Å²) in [7, 11) is 0. The second kappa shape index (κ2) is 8.74. The molecular weight excluding hydrogens is 390 g/mol. The molecule has 0 atom stereocenters. The minimum Gasteiger partial charge on any atom is -0.355 e. The molecule has 156 valence electrons. The van der Waals surface area contributed by atoms with E-state index >= 15 is 0 Å². The normalized spacial score (nSPS) is 15.9. The lowest BCUT2D eigenvalue weighted by molar-refractivity contribution is 0.338. The summed E-state index contributed by atoms with van der Waals surface area (Å²) in [4.78, 5) is 17.5. The van der Waals surface area contributed by atoms with E-state index in [1.54, 1.807) is 11.8 Å². The van der Waals surface area contributed by atoms with E-state index < -0.39 is 0 Å². The van der Waals surface area contributed by atoms with E-state index in [-0.39, 0.29) is 5.41 Å². The van der Waals surface area contributed by atoms with Crippen LogP contribution in [0.15, 0.2) is 58.8 Å². The molecule has 0 saturated carbocycles. The summed E-state index contributed by atoms with van der Waals surface area (Å²) in [5.74, 6) is 0.953. The zero-order valence-electron chi connectivity index (χ0n) is 17.9. The Kier molecular flexibility index (Phi) is 6.06. The largest absolute Gasteiger partial charge is 0.355 e. The third-order valence-corrected chi connectivity index (χ3v) is 7.62. The predicted octanol–water partition coefficient (Wildman–Crippen LogP) is 4.44. The smallest absolute Gasteiger partial charge is 0.147 e. The summed E-state index contributed by atoms with van der Waals surface area (Å²) < 4.78 is 0. The highest BCUT2D eigenvalue weighted by molar-refractivity contribution is 7.99. The van der Waals surface area contributed by atoms with E-state index in [1.165, 1.54) is 21.6 Å². The van der Waals surface area contributed by atoms with Crippen molar-refractivity contribution in [1.82, 2.24) is 15.0 Å². The molecule has 1 aromatic carbocycles. The number of piperidine rings is 1. The molecule has 2 aromatic heterocycles. The van der Waals surface area contributed by atoms with E-state index in [4.69, 9.17) is 15.7 Å². The molecule has 5 nitrogen and oxygen atoms in total. The van der Waals surface area contributed by atoms with Gasteiger partial charge in [-0.15, -0.1) is 0 Å². The first-order chi connectivity index (χ1) is 14.5. The molecule has 3 aromatic rings. The van der Waals surface area contributed by atoms with Crippen molar-refractivity contribution in [3.8, 4) is 0 Å². The van der Waals surface area contributed by atoms with Crippen LogP contribution in [0.3, 0.4) is 0 Å². The lowest BCUT2D eigenvalue weighted by atomic mass is 9.73. The Morgan fingerprint density at radius 1 is 1.07 bits per heavy atom. The van der Waals surface area contributed by atoms with Gasteiger partial charge in [-0.25, -0.2) is 9.97 Å². The number of pyridine rings is 1. The van der Waals surface area contributed by atoms with Crippen LogP contribution in [0.25, 0.3) is 0 Å². The lowest BCUT2D eigenvalue weighted by Crippen LogP contribution is -2.47. The first-order valence-electron chi connectivity index (χ1n) is 10.5. The maximum atomic E-state index is 6.22. The van der Waals surface area contributed by atoms with Crippen LogP contribution in [-0.4, -0.2) is 34.6 Å². The SMILES string of the molecule is Cc1cccc(Sc2ncc(N3CCC(CN)(c4cccnc4)CC3)nc2C)c1C. The monoisotopic (exact) mass is 419 g/mol. The second-order valence-corrected chi connectivity index (χ2v) is 9.16. The summed E-state index contributed by atoms with van der Waals surface area (Å²) in [6, 6.07) is 10.5. The van der Waals surface area contributed by atoms with Gasteiger partial charge >= 0.3 is 0 Å². The van der Waals surface area contributed by atoms with Gasteiger partial charge in [0.05, 0.1) is 11.9 Å². The van der Waals surface area contributed by atoms with Crippen molar-refractivity contribution in [3.05, 3.63) is 71.3 Å². The Balaban J connectivity index is 1.48. The highest BCUT2D eigenvalue weighted by Gasteiger charge is 2.35. The van der Waals surface area contributed by atoms with Gasteiger partial charge < -0.3 is 10.6 Å². The minimum atomic E-state index is 0.00568. The van der Waals surface area contributed by atoms with Crippen LogP contribution in [0.1, 0.15) is 35.2 Å². The molecule has 1 saturated heterocycles. The molecule has 2 N–H and O–H groups in total. The molecule has 0 unspecified atom stereocenters. The Labute approximate surface area is 183 Å². The number of nitrogens with two attached hydrogens (primary N) is 1. The number of hydrogen-bond donors (Lipinski definition) is 1. The fourth-order valence-corrected chi connectivity index (χ4v) is 5.07. The zero-order valence-corrected chi connectivity index (χ0v) is 18.7. The third-order valence-electron chi connectivity index (χ3n) is 6.36. The molecule has 0 amide bonds. The first-order valence-corrected chi connectivity index (χ1v) is 11.3. The fourth-order valence-electron chi connectivity index (χ4n) is 4.10. The van der Waals surface area contributed by atoms with Crippen LogP contribution in [0.4, 0.5) is 5.82 Å². The fraction of sp³-hybridized carbons (Fsp3) is 0.375. The maximum absolute atomic E-state index is 6.22. The van der Waals surface area contributed by atoms with Gasteiger partial charge in [-0.2, -0.15) is 0 Å². The van der Waals surface area contributed by atoms with E-state index in [0.29, 0.717) is 6.54 Å². The van der Waals surface area contributed by atoms with E-state index in [2.05, 4.69) is 48.0 Å². The summed E-state index contributed by atoms with van der Waals surface area (Å²) in [6.07, 6.45) is 7.69. The zero-order chi connectivity index (χ0) is 21.1. The standard InChI is InChI=1S/C24H29N5S/c1-17-6-4-8-21(18(17)2)30-23-19(3)28-22(15-27-23)29-12-9-24(16-25,10-13-29)20-7-5-11-26-14-20/h4-8,11,14-15H,9-10,12-13,16,25H2,1-3H3. The number of rotatable bonds is 5. The van der Waals surface area contributed by atoms with Crippen LogP contribution in [0, 0.1) is 20.8 Å². The second-order valence-electron chi connectivity index (χ2n) is 8.13. The maximum Gasteiger partial charge on any atom is 0.147 e. The molecule has 4 rings (SSSR count). The molecule has 6 heteroatoms. The first kappa shape index (κ1) is 20.8. The van der Waals surface area contributed by atoms with Crippen molar-refractivity contribution >= 4 is 17.6 Å². The van der Waals surface area contributed by atoms with Gasteiger partial charge in [-0.1, -0.05) is 30.0 Å². The van der Waals surface area contributed by atoms with E-state index in [1.807, 2.05) is 31.6 Å². The van der Waals surface area contributed by atoms with Crippen LogP contribution >= 0.6 is 11.8 Å². The molecule has 1 aliphatic heterocycles. The van der Waals surface area contributed by atoms with Gasteiger partial charge in [-0.05, 0) is 62.4 Å². The molecule has 0 aliphatic carbocycles. The molecule has 3 heterocycles. The molecule has 0 bridgehead atoms. The van der Waals surface area contributed by atoms with Gasteiger partial charge in [0.1, 0.15) is 10.8 Å². The van der Waals surface area contributed by atoms with Crippen molar-refractivity contribution in [1.29, 1.82) is 0 Å². The van der Waals surface area contributed by atoms with Crippen molar-refractivity contribution in [2.24, 2.45) is 5.73 Å². The molecule has 30 heavy (non-hydrogen) atoms. The van der Waals surface area contributed by atoms with Crippen LogP contribution in [-0.2, 0) is 5.41 Å². The Morgan fingerprint density at radius 3 is 2.53 bits per heavy atom. The van der Waals surface area contributed by atoms with Gasteiger partial charge in [0.15, 0.2) is 0 Å². The number of nitrogens with zero attached hydrogens (tertiary/aromatic N) is 4. The van der Waals surface area contributed by atoms with Gasteiger partial charge in [0.2, 0.25) is 0 Å². The van der Waals surface area contributed by atoms with Gasteiger partial charge in [0, 0.05) is 42.3 Å². The minimum absolute atomic E-state index is 0.00568. The third kappa shape index (κ3) is 4.07. The Morgan fingerprint density at radius 2 is 1.87 bits per heavy atom. The number of benzene rings is 1. The van der Waals surface area contributed by atoms with Crippen molar-refractivity contribution in [3.63, 3.8) is 0 Å². The summed E-state index contributed by atoms with van der Waals surface area (Å²) >= 11 is 1.70. The van der Waals surface area contributed by atoms with Crippen LogP contribution in [0.2, 0.25) is 0 Å². The lowest BCUT2D eigenvalue weighted by Gasteiger charge is -2.41. The van der Waals surface area contributed by atoms with Crippen molar-refractivity contribution in [2.45, 2.75) is 48.9 Å². The van der Waals surface area contributed by atoms with Crippen molar-refractivity contribution in [2.75, 3.05) is 24.5 Å². The highest BCUT2D eigenvalue weighted by Crippen LogP contribution is 2.36. The van der Waals surface area contributed by atoms with Crippen LogP contribution in [0.5, 0.6) is 0 Å². The molecule has 0 radical (unpaired) electrons. The average molecular weight is 420 g/mol. The molecular formula is C24H29N5S. The van der Waals surface area contributed by atoms with Crippen molar-refractivity contribution < 1.29 is 0 Å².